The van der Waals surface area contributed by atoms with Crippen molar-refractivity contribution in [2.24, 2.45) is 7.05 Å². The van der Waals surface area contributed by atoms with Gasteiger partial charge in [0.25, 0.3) is 5.56 Å². The van der Waals surface area contributed by atoms with Crippen LogP contribution in [0.5, 0.6) is 5.75 Å². The molecule has 0 fully saturated rings. The molecule has 42 heavy (non-hydrogen) atoms. The number of rotatable bonds is 6. The molecule has 0 aliphatic carbocycles. The third kappa shape index (κ3) is 5.26. The second-order valence-electron chi connectivity index (χ2n) is 10.6. The molecule has 2 aromatic heterocycles. The summed E-state index contributed by atoms with van der Waals surface area (Å²) < 4.78 is 28.5. The molecule has 11 heteroatoms. The van der Waals surface area contributed by atoms with Gasteiger partial charge < -0.3 is 14.8 Å². The van der Waals surface area contributed by atoms with E-state index in [2.05, 4.69) is 25.5 Å². The normalized spacial score (nSPS) is 11.5. The Kier molecular flexibility index (Phi) is 7.39. The van der Waals surface area contributed by atoms with Gasteiger partial charge in [-0.05, 0) is 62.2 Å². The zero-order valence-corrected chi connectivity index (χ0v) is 23.8. The van der Waals surface area contributed by atoms with Crippen LogP contribution in [0.15, 0.2) is 53.5 Å². The lowest BCUT2D eigenvalue weighted by molar-refractivity contribution is 0.0523. The van der Waals surface area contributed by atoms with Gasteiger partial charge in [0.2, 0.25) is 5.69 Å². The van der Waals surface area contributed by atoms with E-state index >= 15 is 4.39 Å². The van der Waals surface area contributed by atoms with Crippen LogP contribution >= 0.6 is 0 Å². The Morgan fingerprint density at radius 3 is 2.67 bits per heavy atom. The number of benzene rings is 3. The highest BCUT2D eigenvalue weighted by Crippen LogP contribution is 2.44. The van der Waals surface area contributed by atoms with Crippen LogP contribution < -0.4 is 15.6 Å². The molecule has 0 aliphatic heterocycles. The van der Waals surface area contributed by atoms with Crippen LogP contribution in [0, 0.1) is 12.4 Å². The number of amides is 1. The molecular formula is C31H29FN6O4. The van der Waals surface area contributed by atoms with Crippen molar-refractivity contribution in [1.82, 2.24) is 25.3 Å². The molecule has 5 aromatic rings. The molecular weight excluding hydrogens is 539 g/mol. The van der Waals surface area contributed by atoms with Gasteiger partial charge in [-0.1, -0.05) is 24.3 Å². The van der Waals surface area contributed by atoms with E-state index in [9.17, 15) is 9.59 Å². The SMILES string of the molecule is [C-]#[N+]c1c(-c2c(-c3cc(OCC)c4c(=O)[nH]nc(CNC(=O)OC(C)(C)C)c4c3)cnn2C)c(F)cc2ccccc12. The monoisotopic (exact) mass is 568 g/mol. The highest BCUT2D eigenvalue weighted by atomic mass is 19.1. The number of nitrogens with one attached hydrogen (secondary N) is 2. The van der Waals surface area contributed by atoms with Crippen molar-refractivity contribution >= 4 is 33.3 Å². The van der Waals surface area contributed by atoms with Gasteiger partial charge in [-0.25, -0.2) is 19.1 Å². The van der Waals surface area contributed by atoms with Gasteiger partial charge in [-0.15, -0.1) is 0 Å². The topological polar surface area (TPSA) is 115 Å². The number of halogens is 1. The minimum absolute atomic E-state index is 0.0434. The number of carbonyl (C=O) groups is 1. The average Bonchev–Trinajstić information content (AvgIpc) is 3.31. The number of alkyl carbamates (subject to hydrolysis) is 1. The zero-order valence-electron chi connectivity index (χ0n) is 23.8. The zero-order chi connectivity index (χ0) is 30.2. The first-order valence-electron chi connectivity index (χ1n) is 13.3. The van der Waals surface area contributed by atoms with Crippen LogP contribution in [0.2, 0.25) is 0 Å². The standard InChI is InChI=1S/C31H29FN6O4/c1-7-41-24-14-18(12-20-23(36-37-29(39)25(20)24)16-34-30(40)42-31(2,3)4)21-15-35-38(6)28(21)26-22(32)13-17-10-8-9-11-19(17)27(26)33-5/h8-15H,7,16H2,1-4,6H3,(H,34,40)(H,37,39). The van der Waals surface area contributed by atoms with Crippen molar-refractivity contribution < 1.29 is 18.7 Å². The average molecular weight is 569 g/mol. The van der Waals surface area contributed by atoms with Crippen molar-refractivity contribution in [2.45, 2.75) is 39.8 Å². The molecule has 2 heterocycles. The van der Waals surface area contributed by atoms with Gasteiger partial charge >= 0.3 is 6.09 Å². The van der Waals surface area contributed by atoms with E-state index in [-0.39, 0.29) is 35.5 Å². The molecule has 5 rings (SSSR count). The van der Waals surface area contributed by atoms with Gasteiger partial charge in [0.1, 0.15) is 17.2 Å². The highest BCUT2D eigenvalue weighted by Gasteiger charge is 2.24. The largest absolute Gasteiger partial charge is 0.493 e. The number of hydrogen-bond acceptors (Lipinski definition) is 6. The molecule has 1 amide bonds. The minimum Gasteiger partial charge on any atom is -0.493 e. The van der Waals surface area contributed by atoms with Gasteiger partial charge in [0, 0.05) is 23.6 Å². The van der Waals surface area contributed by atoms with E-state index in [0.29, 0.717) is 38.7 Å². The van der Waals surface area contributed by atoms with Gasteiger partial charge in [0.05, 0.1) is 42.7 Å². The van der Waals surface area contributed by atoms with Crippen LogP contribution in [0.1, 0.15) is 33.4 Å². The van der Waals surface area contributed by atoms with Crippen molar-refractivity contribution in [2.75, 3.05) is 6.61 Å². The summed E-state index contributed by atoms with van der Waals surface area (Å²) in [5.41, 5.74) is 0.949. The van der Waals surface area contributed by atoms with Crippen molar-refractivity contribution in [3.05, 3.63) is 81.9 Å². The van der Waals surface area contributed by atoms with Crippen LogP contribution in [-0.2, 0) is 18.3 Å². The molecule has 0 saturated carbocycles. The fourth-order valence-electron chi connectivity index (χ4n) is 4.92. The van der Waals surface area contributed by atoms with E-state index in [0.717, 1.165) is 0 Å². The molecule has 0 saturated heterocycles. The number of hydrogen-bond donors (Lipinski definition) is 2. The highest BCUT2D eigenvalue weighted by molar-refractivity contribution is 6.04. The molecule has 0 spiro atoms. The Hall–Kier alpha value is -5.24. The summed E-state index contributed by atoms with van der Waals surface area (Å²) in [7, 11) is 1.67. The van der Waals surface area contributed by atoms with E-state index in [1.807, 2.05) is 0 Å². The summed E-state index contributed by atoms with van der Waals surface area (Å²) in [6, 6.07) is 12.0. The second-order valence-corrected chi connectivity index (χ2v) is 10.6. The molecule has 3 aromatic carbocycles. The van der Waals surface area contributed by atoms with Crippen LogP contribution in [0.3, 0.4) is 0 Å². The summed E-state index contributed by atoms with van der Waals surface area (Å²) in [6.45, 7) is 15.2. The predicted octanol–water partition coefficient (Wildman–Crippen LogP) is 6.26. The van der Waals surface area contributed by atoms with E-state index < -0.39 is 23.1 Å². The molecule has 2 N–H and O–H groups in total. The maximum absolute atomic E-state index is 15.8. The number of ether oxygens (including phenoxy) is 2. The van der Waals surface area contributed by atoms with Crippen molar-refractivity contribution in [3.8, 4) is 28.1 Å². The smallest absolute Gasteiger partial charge is 0.407 e. The van der Waals surface area contributed by atoms with Gasteiger partial charge in [-0.3, -0.25) is 9.48 Å². The maximum atomic E-state index is 15.8. The molecule has 214 valence electrons. The number of nitrogens with zero attached hydrogens (tertiary/aromatic N) is 4. The molecule has 0 unspecified atom stereocenters. The lowest BCUT2D eigenvalue weighted by Crippen LogP contribution is -2.32. The predicted molar refractivity (Wildman–Crippen MR) is 158 cm³/mol. The molecule has 0 radical (unpaired) electrons. The number of H-pyrrole nitrogens is 1. The van der Waals surface area contributed by atoms with Crippen molar-refractivity contribution in [3.63, 3.8) is 0 Å². The third-order valence-electron chi connectivity index (χ3n) is 6.60. The lowest BCUT2D eigenvalue weighted by Gasteiger charge is -2.19. The second kappa shape index (κ2) is 11.0. The first-order valence-corrected chi connectivity index (χ1v) is 13.3. The fourth-order valence-corrected chi connectivity index (χ4v) is 4.92. The van der Waals surface area contributed by atoms with Crippen LogP contribution in [0.25, 0.3) is 48.8 Å². The summed E-state index contributed by atoms with van der Waals surface area (Å²) in [6.07, 6.45) is 0.936. The number of aromatic amines is 1. The van der Waals surface area contributed by atoms with E-state index in [1.54, 1.807) is 77.3 Å². The Labute approximate surface area is 240 Å². The van der Waals surface area contributed by atoms with E-state index in [1.165, 1.54) is 10.7 Å². The molecule has 0 atom stereocenters. The minimum atomic E-state index is -0.696. The first kappa shape index (κ1) is 28.3. The molecule has 0 bridgehead atoms. The quantitative estimate of drug-likeness (QED) is 0.234. The Morgan fingerprint density at radius 2 is 1.95 bits per heavy atom. The van der Waals surface area contributed by atoms with Crippen molar-refractivity contribution in [1.29, 1.82) is 0 Å². The summed E-state index contributed by atoms with van der Waals surface area (Å²) in [5, 5.41) is 15.7. The summed E-state index contributed by atoms with van der Waals surface area (Å²) >= 11 is 0. The number of aryl methyl sites for hydroxylation is 1. The van der Waals surface area contributed by atoms with Crippen LogP contribution in [-0.4, -0.2) is 38.3 Å². The Morgan fingerprint density at radius 1 is 1.19 bits per heavy atom. The third-order valence-corrected chi connectivity index (χ3v) is 6.60. The Bertz CT molecular complexity index is 1950. The molecule has 0 aliphatic rings. The number of aromatic nitrogens is 4. The number of carbonyl (C=O) groups excluding carboxylic acids is 1. The van der Waals surface area contributed by atoms with E-state index in [4.69, 9.17) is 16.0 Å². The fraction of sp³-hybridized carbons (Fsp3) is 0.258. The lowest BCUT2D eigenvalue weighted by atomic mass is 9.95. The van der Waals surface area contributed by atoms with Crippen LogP contribution in [0.4, 0.5) is 14.9 Å². The van der Waals surface area contributed by atoms with Gasteiger partial charge in [0.15, 0.2) is 0 Å². The maximum Gasteiger partial charge on any atom is 0.407 e. The first-order chi connectivity index (χ1) is 20.0. The summed E-state index contributed by atoms with van der Waals surface area (Å²) in [4.78, 5) is 29.0. The number of fused-ring (bicyclic) bond motifs is 2. The Balaban J connectivity index is 1.72. The molecule has 10 nitrogen and oxygen atoms in total. The van der Waals surface area contributed by atoms with Gasteiger partial charge in [-0.2, -0.15) is 10.2 Å². The summed E-state index contributed by atoms with van der Waals surface area (Å²) in [5.74, 6) is -0.276.